The number of aromatic nitrogens is 3. The maximum absolute atomic E-state index is 13.0. The Hall–Kier alpha value is -2.89. The second-order valence-electron chi connectivity index (χ2n) is 8.95. The van der Waals surface area contributed by atoms with Crippen molar-refractivity contribution < 1.29 is 0 Å². The highest BCUT2D eigenvalue weighted by Gasteiger charge is 2.27. The molecular weight excluding hydrogens is 362 g/mol. The highest BCUT2D eigenvalue weighted by molar-refractivity contribution is 5.82. The molecule has 4 heterocycles. The van der Waals surface area contributed by atoms with Gasteiger partial charge in [-0.2, -0.15) is 0 Å². The van der Waals surface area contributed by atoms with Gasteiger partial charge in [0.2, 0.25) is 0 Å². The lowest BCUT2D eigenvalue weighted by molar-refractivity contribution is 0.240. The van der Waals surface area contributed by atoms with Gasteiger partial charge in [-0.05, 0) is 42.2 Å². The Kier molecular flexibility index (Phi) is 4.30. The molecule has 0 aliphatic carbocycles. The number of benzene rings is 1. The highest BCUT2D eigenvalue weighted by Crippen LogP contribution is 2.30. The molecule has 1 fully saturated rings. The summed E-state index contributed by atoms with van der Waals surface area (Å²) in [6, 6.07) is 12.2. The number of hydrogen-bond donors (Lipinski definition) is 0. The van der Waals surface area contributed by atoms with Crippen molar-refractivity contribution in [3.05, 3.63) is 58.8 Å². The van der Waals surface area contributed by atoms with Crippen molar-refractivity contribution in [2.75, 3.05) is 36.0 Å². The lowest BCUT2D eigenvalue weighted by Gasteiger charge is -2.36. The molecule has 0 amide bonds. The van der Waals surface area contributed by atoms with Gasteiger partial charge in [0.1, 0.15) is 11.6 Å². The number of fused-ring (bicyclic) bond motifs is 2. The van der Waals surface area contributed by atoms with Crippen LogP contribution in [-0.2, 0) is 13.0 Å². The van der Waals surface area contributed by atoms with Crippen LogP contribution in [0.4, 0.5) is 11.5 Å². The van der Waals surface area contributed by atoms with Crippen LogP contribution in [0.5, 0.6) is 0 Å². The minimum Gasteiger partial charge on any atom is -0.368 e. The van der Waals surface area contributed by atoms with E-state index in [1.165, 1.54) is 0 Å². The molecule has 2 aliphatic heterocycles. The zero-order chi connectivity index (χ0) is 20.0. The van der Waals surface area contributed by atoms with Crippen LogP contribution in [0.25, 0.3) is 10.9 Å². The monoisotopic (exact) mass is 389 g/mol. The number of anilines is 2. The average Bonchev–Trinajstić information content (AvgIpc) is 2.75. The number of nitrogens with zero attached hydrogens (tertiary/aromatic N) is 5. The van der Waals surface area contributed by atoms with Crippen LogP contribution < -0.4 is 15.4 Å². The van der Waals surface area contributed by atoms with Gasteiger partial charge in [0.05, 0.1) is 10.9 Å². The van der Waals surface area contributed by atoms with Gasteiger partial charge in [-0.25, -0.2) is 9.97 Å². The number of rotatable bonds is 2. The number of aryl methyl sites for hydroxylation is 1. The van der Waals surface area contributed by atoms with E-state index in [0.29, 0.717) is 0 Å². The van der Waals surface area contributed by atoms with Crippen LogP contribution >= 0.6 is 0 Å². The Bertz CT molecular complexity index is 1100. The third-order valence-electron chi connectivity index (χ3n) is 6.25. The summed E-state index contributed by atoms with van der Waals surface area (Å²) in [6.07, 6.45) is 3.78. The summed E-state index contributed by atoms with van der Waals surface area (Å²) in [5, 5.41) is 0.724. The summed E-state index contributed by atoms with van der Waals surface area (Å²) in [5.41, 5.74) is 2.22. The molecule has 0 N–H and O–H groups in total. The second kappa shape index (κ2) is 6.87. The van der Waals surface area contributed by atoms with Gasteiger partial charge >= 0.3 is 0 Å². The molecular formula is C23H27N5O. The van der Waals surface area contributed by atoms with Crippen LogP contribution in [-0.4, -0.2) is 40.7 Å². The largest absolute Gasteiger partial charge is 0.368 e. The first-order valence-corrected chi connectivity index (χ1v) is 10.4. The fraction of sp³-hybridized carbons (Fsp3) is 0.435. The molecule has 6 nitrogen and oxygen atoms in total. The van der Waals surface area contributed by atoms with Gasteiger partial charge in [0.25, 0.3) is 5.56 Å². The smallest absolute Gasteiger partial charge is 0.261 e. The van der Waals surface area contributed by atoms with E-state index in [4.69, 9.17) is 4.98 Å². The Morgan fingerprint density at radius 1 is 1.00 bits per heavy atom. The molecule has 0 radical (unpaired) electrons. The quantitative estimate of drug-likeness (QED) is 0.674. The Morgan fingerprint density at radius 3 is 2.55 bits per heavy atom. The van der Waals surface area contributed by atoms with E-state index in [9.17, 15) is 4.79 Å². The maximum atomic E-state index is 13.0. The SMILES string of the molecule is CC1(C)CCc2nc3cc(N4CCN(c5ccccn5)CC4)ccc3c(=O)n2C1. The first kappa shape index (κ1) is 18.2. The molecule has 6 heteroatoms. The topological polar surface area (TPSA) is 54.3 Å². The fourth-order valence-corrected chi connectivity index (χ4v) is 4.50. The van der Waals surface area contributed by atoms with Gasteiger partial charge in [-0.15, -0.1) is 0 Å². The second-order valence-corrected chi connectivity index (χ2v) is 8.95. The van der Waals surface area contributed by atoms with Crippen molar-refractivity contribution in [1.82, 2.24) is 14.5 Å². The molecule has 1 saturated heterocycles. The van der Waals surface area contributed by atoms with Crippen molar-refractivity contribution in [2.45, 2.75) is 33.2 Å². The molecule has 1 aromatic carbocycles. The van der Waals surface area contributed by atoms with Crippen LogP contribution in [0.1, 0.15) is 26.1 Å². The minimum atomic E-state index is 0.101. The summed E-state index contributed by atoms with van der Waals surface area (Å²) in [5.74, 6) is 1.97. The standard InChI is InChI=1S/C23H27N5O/c1-23(2)9-8-21-25-19-15-17(6-7-18(19)22(29)28(21)16-23)26-11-13-27(14-12-26)20-5-3-4-10-24-20/h3-7,10,15H,8-9,11-14,16H2,1-2H3. The van der Waals surface area contributed by atoms with Crippen molar-refractivity contribution in [2.24, 2.45) is 5.41 Å². The van der Waals surface area contributed by atoms with Gasteiger partial charge in [0, 0.05) is 51.0 Å². The van der Waals surface area contributed by atoms with Gasteiger partial charge in [-0.1, -0.05) is 19.9 Å². The summed E-state index contributed by atoms with van der Waals surface area (Å²) < 4.78 is 1.89. The summed E-state index contributed by atoms with van der Waals surface area (Å²) in [6.45, 7) is 8.93. The number of hydrogen-bond acceptors (Lipinski definition) is 5. The van der Waals surface area contributed by atoms with Crippen molar-refractivity contribution in [3.8, 4) is 0 Å². The van der Waals surface area contributed by atoms with E-state index in [1.54, 1.807) is 0 Å². The molecule has 29 heavy (non-hydrogen) atoms. The first-order valence-electron chi connectivity index (χ1n) is 10.4. The van der Waals surface area contributed by atoms with Crippen LogP contribution in [0.3, 0.4) is 0 Å². The third-order valence-corrected chi connectivity index (χ3v) is 6.25. The highest BCUT2D eigenvalue weighted by atomic mass is 16.1. The van der Waals surface area contributed by atoms with Crippen LogP contribution in [0, 0.1) is 5.41 Å². The molecule has 5 rings (SSSR count). The molecule has 0 unspecified atom stereocenters. The summed E-state index contributed by atoms with van der Waals surface area (Å²) in [7, 11) is 0. The minimum absolute atomic E-state index is 0.101. The summed E-state index contributed by atoms with van der Waals surface area (Å²) in [4.78, 5) is 27.1. The van der Waals surface area contributed by atoms with Crippen molar-refractivity contribution >= 4 is 22.4 Å². The lowest BCUT2D eigenvalue weighted by Crippen LogP contribution is -2.46. The Morgan fingerprint density at radius 2 is 1.79 bits per heavy atom. The average molecular weight is 390 g/mol. The number of piperazine rings is 1. The van der Waals surface area contributed by atoms with Gasteiger partial charge in [0.15, 0.2) is 0 Å². The molecule has 2 aromatic heterocycles. The molecule has 0 spiro atoms. The predicted molar refractivity (Wildman–Crippen MR) is 117 cm³/mol. The maximum Gasteiger partial charge on any atom is 0.261 e. The van der Waals surface area contributed by atoms with Crippen molar-refractivity contribution in [3.63, 3.8) is 0 Å². The zero-order valence-corrected chi connectivity index (χ0v) is 17.1. The van der Waals surface area contributed by atoms with E-state index in [1.807, 2.05) is 29.0 Å². The van der Waals surface area contributed by atoms with Crippen LogP contribution in [0.2, 0.25) is 0 Å². The molecule has 3 aromatic rings. The Balaban J connectivity index is 1.40. The Labute approximate surface area is 170 Å². The molecule has 0 atom stereocenters. The van der Waals surface area contributed by atoms with E-state index in [0.717, 1.165) is 73.8 Å². The predicted octanol–water partition coefficient (Wildman–Crippen LogP) is 3.09. The number of pyridine rings is 1. The first-order chi connectivity index (χ1) is 14.0. The van der Waals surface area contributed by atoms with E-state index < -0.39 is 0 Å². The van der Waals surface area contributed by atoms with Gasteiger partial charge in [-0.3, -0.25) is 9.36 Å². The lowest BCUT2D eigenvalue weighted by atomic mass is 9.85. The molecule has 0 bridgehead atoms. The third kappa shape index (κ3) is 3.37. The van der Waals surface area contributed by atoms with E-state index >= 15 is 0 Å². The summed E-state index contributed by atoms with van der Waals surface area (Å²) >= 11 is 0. The molecule has 0 saturated carbocycles. The van der Waals surface area contributed by atoms with Gasteiger partial charge < -0.3 is 9.80 Å². The van der Waals surface area contributed by atoms with E-state index in [2.05, 4.69) is 46.8 Å². The molecule has 150 valence electrons. The van der Waals surface area contributed by atoms with Crippen LogP contribution in [0.15, 0.2) is 47.4 Å². The fourth-order valence-electron chi connectivity index (χ4n) is 4.50. The normalized spacial score (nSPS) is 18.7. The van der Waals surface area contributed by atoms with E-state index in [-0.39, 0.29) is 11.0 Å². The molecule has 2 aliphatic rings. The zero-order valence-electron chi connectivity index (χ0n) is 17.1. The van der Waals surface area contributed by atoms with Crippen molar-refractivity contribution in [1.29, 1.82) is 0 Å².